The van der Waals surface area contributed by atoms with Crippen molar-refractivity contribution in [2.24, 2.45) is 11.8 Å². The molecule has 0 radical (unpaired) electrons. The van der Waals surface area contributed by atoms with Crippen molar-refractivity contribution >= 4 is 5.82 Å². The van der Waals surface area contributed by atoms with E-state index in [1.54, 1.807) is 0 Å². The highest BCUT2D eigenvalue weighted by atomic mass is 15.0. The molecule has 0 aliphatic heterocycles. The summed E-state index contributed by atoms with van der Waals surface area (Å²) >= 11 is 0. The number of aromatic nitrogens is 2. The molecule has 0 saturated carbocycles. The molecule has 3 nitrogen and oxygen atoms in total. The van der Waals surface area contributed by atoms with Crippen LogP contribution >= 0.6 is 0 Å². The highest BCUT2D eigenvalue weighted by Crippen LogP contribution is 2.12. The second-order valence-corrected chi connectivity index (χ2v) is 5.11. The molecular formula is C13H23N3. The maximum absolute atomic E-state index is 4.61. The van der Waals surface area contributed by atoms with Crippen molar-refractivity contribution in [3.8, 4) is 0 Å². The third-order valence-corrected chi connectivity index (χ3v) is 2.29. The molecule has 0 bridgehead atoms. The molecule has 0 unspecified atom stereocenters. The van der Waals surface area contributed by atoms with Crippen molar-refractivity contribution in [1.29, 1.82) is 0 Å². The van der Waals surface area contributed by atoms with E-state index in [1.807, 2.05) is 13.1 Å². The van der Waals surface area contributed by atoms with Gasteiger partial charge in [-0.2, -0.15) is 0 Å². The van der Waals surface area contributed by atoms with E-state index in [-0.39, 0.29) is 0 Å². The highest BCUT2D eigenvalue weighted by molar-refractivity contribution is 5.35. The Morgan fingerprint density at radius 1 is 1.06 bits per heavy atom. The zero-order valence-electron chi connectivity index (χ0n) is 11.0. The second-order valence-electron chi connectivity index (χ2n) is 5.11. The average Bonchev–Trinajstić information content (AvgIpc) is 2.14. The predicted molar refractivity (Wildman–Crippen MR) is 68.7 cm³/mol. The number of anilines is 1. The second kappa shape index (κ2) is 5.83. The third-order valence-electron chi connectivity index (χ3n) is 2.29. The van der Waals surface area contributed by atoms with Gasteiger partial charge in [0.05, 0.1) is 0 Å². The van der Waals surface area contributed by atoms with Crippen molar-refractivity contribution < 1.29 is 0 Å². The first-order valence-corrected chi connectivity index (χ1v) is 6.05. The van der Waals surface area contributed by atoms with Crippen LogP contribution in [0.2, 0.25) is 0 Å². The molecule has 0 amide bonds. The molecule has 0 aliphatic rings. The number of nitrogens with one attached hydrogen (secondary N) is 1. The highest BCUT2D eigenvalue weighted by Gasteiger charge is 2.07. The van der Waals surface area contributed by atoms with Crippen LogP contribution in [0.15, 0.2) is 6.07 Å². The third kappa shape index (κ3) is 4.17. The number of hydrogen-bond acceptors (Lipinski definition) is 3. The van der Waals surface area contributed by atoms with Crippen LogP contribution in [0.5, 0.6) is 0 Å². The summed E-state index contributed by atoms with van der Waals surface area (Å²) in [4.78, 5) is 9.09. The van der Waals surface area contributed by atoms with Crippen molar-refractivity contribution in [3.05, 3.63) is 17.6 Å². The molecule has 16 heavy (non-hydrogen) atoms. The molecule has 1 N–H and O–H groups in total. The zero-order chi connectivity index (χ0) is 12.1. The van der Waals surface area contributed by atoms with Crippen LogP contribution in [0, 0.1) is 11.8 Å². The smallest absolute Gasteiger partial charge is 0.131 e. The Labute approximate surface area is 98.7 Å². The SMILES string of the molecule is CNc1cc(CC(C)C)nc(CC(C)C)n1. The molecule has 0 atom stereocenters. The first-order valence-electron chi connectivity index (χ1n) is 6.05. The predicted octanol–water partition coefficient (Wildman–Crippen LogP) is 2.92. The fourth-order valence-electron chi connectivity index (χ4n) is 1.66. The topological polar surface area (TPSA) is 37.8 Å². The van der Waals surface area contributed by atoms with Crippen LogP contribution in [0.1, 0.15) is 39.2 Å². The number of rotatable bonds is 5. The summed E-state index contributed by atoms with van der Waals surface area (Å²) in [5.41, 5.74) is 1.14. The van der Waals surface area contributed by atoms with Crippen LogP contribution < -0.4 is 5.32 Å². The summed E-state index contributed by atoms with van der Waals surface area (Å²) in [5.74, 6) is 3.12. The van der Waals surface area contributed by atoms with Gasteiger partial charge in [0.2, 0.25) is 0 Å². The summed E-state index contributed by atoms with van der Waals surface area (Å²) in [7, 11) is 1.90. The first kappa shape index (κ1) is 12.9. The van der Waals surface area contributed by atoms with Gasteiger partial charge in [-0.25, -0.2) is 9.97 Å². The van der Waals surface area contributed by atoms with E-state index in [0.29, 0.717) is 11.8 Å². The van der Waals surface area contributed by atoms with Gasteiger partial charge in [0.15, 0.2) is 0 Å². The molecule has 0 spiro atoms. The molecule has 0 aliphatic carbocycles. The molecule has 1 heterocycles. The fourth-order valence-corrected chi connectivity index (χ4v) is 1.66. The van der Waals surface area contributed by atoms with Crippen LogP contribution in [-0.4, -0.2) is 17.0 Å². The first-order chi connectivity index (χ1) is 7.51. The molecular weight excluding hydrogens is 198 g/mol. The maximum Gasteiger partial charge on any atom is 0.131 e. The van der Waals surface area contributed by atoms with Gasteiger partial charge < -0.3 is 5.32 Å². The molecule has 1 aromatic rings. The van der Waals surface area contributed by atoms with E-state index in [1.165, 1.54) is 0 Å². The number of hydrogen-bond donors (Lipinski definition) is 1. The lowest BCUT2D eigenvalue weighted by Gasteiger charge is -2.10. The van der Waals surface area contributed by atoms with Gasteiger partial charge in [-0.15, -0.1) is 0 Å². The van der Waals surface area contributed by atoms with Gasteiger partial charge in [-0.1, -0.05) is 27.7 Å². The summed E-state index contributed by atoms with van der Waals surface area (Å²) < 4.78 is 0. The van der Waals surface area contributed by atoms with E-state index < -0.39 is 0 Å². The Kier molecular flexibility index (Phi) is 4.71. The Hall–Kier alpha value is -1.12. The van der Waals surface area contributed by atoms with Gasteiger partial charge in [0.1, 0.15) is 11.6 Å². The Balaban J connectivity index is 2.91. The Bertz CT molecular complexity index is 304. The summed E-state index contributed by atoms with van der Waals surface area (Å²) in [6, 6.07) is 2.05. The van der Waals surface area contributed by atoms with Crippen LogP contribution in [-0.2, 0) is 12.8 Å². The summed E-state index contributed by atoms with van der Waals surface area (Å²) in [6.45, 7) is 8.81. The van der Waals surface area contributed by atoms with Gasteiger partial charge in [-0.05, 0) is 18.3 Å². The summed E-state index contributed by atoms with van der Waals surface area (Å²) in [5, 5.41) is 3.10. The average molecular weight is 221 g/mol. The minimum Gasteiger partial charge on any atom is -0.373 e. The minimum atomic E-state index is 0.596. The van der Waals surface area contributed by atoms with Crippen molar-refractivity contribution in [1.82, 2.24) is 9.97 Å². The van der Waals surface area contributed by atoms with E-state index in [4.69, 9.17) is 0 Å². The molecule has 0 saturated heterocycles. The summed E-state index contributed by atoms with van der Waals surface area (Å²) in [6.07, 6.45) is 1.96. The molecule has 3 heteroatoms. The Morgan fingerprint density at radius 3 is 2.19 bits per heavy atom. The fraction of sp³-hybridized carbons (Fsp3) is 0.692. The zero-order valence-corrected chi connectivity index (χ0v) is 11.0. The van der Waals surface area contributed by atoms with Gasteiger partial charge in [0.25, 0.3) is 0 Å². The standard InChI is InChI=1S/C13H23N3/c1-9(2)6-11-8-12(14-5)16-13(15-11)7-10(3)4/h8-10H,6-7H2,1-5H3,(H,14,15,16). The lowest BCUT2D eigenvalue weighted by Crippen LogP contribution is -2.08. The lowest BCUT2D eigenvalue weighted by molar-refractivity contribution is 0.601. The molecule has 0 fully saturated rings. The van der Waals surface area contributed by atoms with E-state index in [2.05, 4.69) is 43.0 Å². The van der Waals surface area contributed by atoms with Gasteiger partial charge in [0, 0.05) is 25.2 Å². The molecule has 90 valence electrons. The Morgan fingerprint density at radius 2 is 1.69 bits per heavy atom. The molecule has 1 rings (SSSR count). The quantitative estimate of drug-likeness (QED) is 0.830. The van der Waals surface area contributed by atoms with E-state index >= 15 is 0 Å². The van der Waals surface area contributed by atoms with E-state index in [9.17, 15) is 0 Å². The molecule has 1 aromatic heterocycles. The van der Waals surface area contributed by atoms with Crippen molar-refractivity contribution in [2.75, 3.05) is 12.4 Å². The molecule has 0 aromatic carbocycles. The van der Waals surface area contributed by atoms with Gasteiger partial charge >= 0.3 is 0 Å². The van der Waals surface area contributed by atoms with Crippen LogP contribution in [0.4, 0.5) is 5.82 Å². The maximum atomic E-state index is 4.61. The largest absolute Gasteiger partial charge is 0.373 e. The van der Waals surface area contributed by atoms with Gasteiger partial charge in [-0.3, -0.25) is 0 Å². The lowest BCUT2D eigenvalue weighted by atomic mass is 10.1. The van der Waals surface area contributed by atoms with Crippen LogP contribution in [0.25, 0.3) is 0 Å². The monoisotopic (exact) mass is 221 g/mol. The normalized spacial score (nSPS) is 11.2. The minimum absolute atomic E-state index is 0.596. The van der Waals surface area contributed by atoms with Crippen LogP contribution in [0.3, 0.4) is 0 Å². The van der Waals surface area contributed by atoms with E-state index in [0.717, 1.165) is 30.2 Å². The van der Waals surface area contributed by atoms with Crippen molar-refractivity contribution in [2.45, 2.75) is 40.5 Å². The number of nitrogens with zero attached hydrogens (tertiary/aromatic N) is 2. The van der Waals surface area contributed by atoms with Crippen molar-refractivity contribution in [3.63, 3.8) is 0 Å².